The number of carbonyl (C=O) groups is 2. The summed E-state index contributed by atoms with van der Waals surface area (Å²) in [5.41, 5.74) is -0.642. The number of ether oxygens (including phenoxy) is 4. The maximum atomic E-state index is 12.3. The molecule has 21 heavy (non-hydrogen) atoms. The van der Waals surface area contributed by atoms with Crippen LogP contribution in [-0.2, 0) is 23.7 Å². The highest BCUT2D eigenvalue weighted by Crippen LogP contribution is 2.37. The highest BCUT2D eigenvalue weighted by atomic mass is 16.8. The second kappa shape index (κ2) is 5.14. The van der Waals surface area contributed by atoms with Crippen LogP contribution in [0.15, 0.2) is 0 Å². The van der Waals surface area contributed by atoms with Crippen LogP contribution in [0.3, 0.4) is 0 Å². The van der Waals surface area contributed by atoms with E-state index in [1.807, 2.05) is 0 Å². The summed E-state index contributed by atoms with van der Waals surface area (Å²) in [6, 6.07) is -0.850. The molecule has 3 unspecified atom stereocenters. The van der Waals surface area contributed by atoms with Crippen LogP contribution in [0.4, 0.5) is 4.79 Å². The van der Waals surface area contributed by atoms with Gasteiger partial charge in [-0.25, -0.2) is 9.59 Å². The van der Waals surface area contributed by atoms with Crippen molar-refractivity contribution in [3.8, 4) is 0 Å². The van der Waals surface area contributed by atoms with Gasteiger partial charge in [0.2, 0.25) is 0 Å². The van der Waals surface area contributed by atoms with Gasteiger partial charge in [-0.3, -0.25) is 4.90 Å². The Labute approximate surface area is 124 Å². The fraction of sp³-hybridized carbons (Fsp3) is 0.857. The van der Waals surface area contributed by atoms with Crippen LogP contribution in [0.25, 0.3) is 0 Å². The van der Waals surface area contributed by atoms with Crippen molar-refractivity contribution >= 4 is 12.1 Å². The van der Waals surface area contributed by atoms with Gasteiger partial charge in [0.25, 0.3) is 0 Å². The molecular weight excluding hydrogens is 278 g/mol. The van der Waals surface area contributed by atoms with Crippen LogP contribution in [-0.4, -0.2) is 60.3 Å². The zero-order valence-corrected chi connectivity index (χ0v) is 13.3. The van der Waals surface area contributed by atoms with Crippen LogP contribution >= 0.6 is 0 Å². The Morgan fingerprint density at radius 2 is 1.86 bits per heavy atom. The quantitative estimate of drug-likeness (QED) is 0.680. The first kappa shape index (κ1) is 16.0. The summed E-state index contributed by atoms with van der Waals surface area (Å²) in [5.74, 6) is -1.31. The molecule has 0 spiro atoms. The Morgan fingerprint density at radius 3 is 2.38 bits per heavy atom. The summed E-state index contributed by atoms with van der Waals surface area (Å²) in [7, 11) is 1.28. The van der Waals surface area contributed by atoms with Gasteiger partial charge in [-0.05, 0) is 34.6 Å². The monoisotopic (exact) mass is 301 g/mol. The van der Waals surface area contributed by atoms with Gasteiger partial charge in [-0.1, -0.05) is 0 Å². The lowest BCUT2D eigenvalue weighted by molar-refractivity contribution is -0.170. The normalized spacial score (nSPS) is 31.0. The van der Waals surface area contributed by atoms with Gasteiger partial charge in [0.1, 0.15) is 17.8 Å². The Bertz CT molecular complexity index is 441. The number of hydrogen-bond acceptors (Lipinski definition) is 6. The lowest BCUT2D eigenvalue weighted by Crippen LogP contribution is -2.48. The van der Waals surface area contributed by atoms with Gasteiger partial charge < -0.3 is 18.9 Å². The molecule has 0 N–H and O–H groups in total. The Hall–Kier alpha value is -1.34. The van der Waals surface area contributed by atoms with Gasteiger partial charge >= 0.3 is 12.1 Å². The SMILES string of the molecule is COC(=O)C1C2OC(C)(C)OC2CN1C(=O)OC(C)(C)C. The molecular formula is C14H23NO6. The number of hydrogen-bond donors (Lipinski definition) is 0. The summed E-state index contributed by atoms with van der Waals surface area (Å²) < 4.78 is 21.6. The zero-order valence-electron chi connectivity index (χ0n) is 13.3. The number of esters is 1. The predicted octanol–water partition coefficient (Wildman–Crippen LogP) is 1.30. The molecule has 2 aliphatic heterocycles. The maximum Gasteiger partial charge on any atom is 0.411 e. The van der Waals surface area contributed by atoms with Crippen molar-refractivity contribution in [2.45, 2.75) is 64.3 Å². The van der Waals surface area contributed by atoms with Crippen molar-refractivity contribution in [1.29, 1.82) is 0 Å². The minimum Gasteiger partial charge on any atom is -0.467 e. The fourth-order valence-electron chi connectivity index (χ4n) is 2.65. The Balaban J connectivity index is 2.19. The molecule has 2 fully saturated rings. The third-order valence-corrected chi connectivity index (χ3v) is 3.32. The van der Waals surface area contributed by atoms with E-state index in [0.29, 0.717) is 0 Å². The Kier molecular flexibility index (Phi) is 3.92. The van der Waals surface area contributed by atoms with Crippen LogP contribution in [0.1, 0.15) is 34.6 Å². The van der Waals surface area contributed by atoms with E-state index in [-0.39, 0.29) is 12.6 Å². The second-order valence-corrected chi connectivity index (χ2v) is 6.74. The van der Waals surface area contributed by atoms with Gasteiger partial charge in [0.05, 0.1) is 13.7 Å². The average Bonchev–Trinajstić information content (AvgIpc) is 2.77. The van der Waals surface area contributed by atoms with E-state index in [1.165, 1.54) is 12.0 Å². The lowest BCUT2D eigenvalue weighted by atomic mass is 10.1. The molecule has 0 bridgehead atoms. The van der Waals surface area contributed by atoms with E-state index in [0.717, 1.165) is 0 Å². The van der Waals surface area contributed by atoms with E-state index in [9.17, 15) is 9.59 Å². The average molecular weight is 301 g/mol. The number of amides is 1. The fourth-order valence-corrected chi connectivity index (χ4v) is 2.65. The first-order chi connectivity index (χ1) is 9.54. The highest BCUT2D eigenvalue weighted by molar-refractivity contribution is 5.83. The highest BCUT2D eigenvalue weighted by Gasteiger charge is 2.57. The van der Waals surface area contributed by atoms with Gasteiger partial charge in [0, 0.05) is 0 Å². The third-order valence-electron chi connectivity index (χ3n) is 3.32. The summed E-state index contributed by atoms with van der Waals surface area (Å²) in [4.78, 5) is 25.6. The summed E-state index contributed by atoms with van der Waals surface area (Å²) in [5, 5.41) is 0. The molecule has 2 rings (SSSR count). The molecule has 120 valence electrons. The number of carbonyl (C=O) groups excluding carboxylic acids is 2. The molecule has 0 saturated carbocycles. The van der Waals surface area contributed by atoms with Crippen molar-refractivity contribution in [3.05, 3.63) is 0 Å². The molecule has 2 aliphatic rings. The number of methoxy groups -OCH3 is 1. The molecule has 2 saturated heterocycles. The van der Waals surface area contributed by atoms with Crippen LogP contribution in [0.2, 0.25) is 0 Å². The molecule has 7 heteroatoms. The van der Waals surface area contributed by atoms with Crippen molar-refractivity contribution in [1.82, 2.24) is 4.90 Å². The summed E-state index contributed by atoms with van der Waals surface area (Å²) >= 11 is 0. The van der Waals surface area contributed by atoms with Crippen molar-refractivity contribution < 1.29 is 28.5 Å². The largest absolute Gasteiger partial charge is 0.467 e. The molecule has 0 aromatic heterocycles. The molecule has 2 heterocycles. The summed E-state index contributed by atoms with van der Waals surface area (Å²) in [6.45, 7) is 9.10. The first-order valence-electron chi connectivity index (χ1n) is 6.97. The lowest BCUT2D eigenvalue weighted by Gasteiger charge is -2.30. The smallest absolute Gasteiger partial charge is 0.411 e. The molecule has 0 aromatic carbocycles. The second-order valence-electron chi connectivity index (χ2n) is 6.74. The minimum atomic E-state index is -0.850. The third kappa shape index (κ3) is 3.29. The van der Waals surface area contributed by atoms with E-state index in [1.54, 1.807) is 34.6 Å². The number of fused-ring (bicyclic) bond motifs is 1. The van der Waals surface area contributed by atoms with Gasteiger partial charge in [-0.15, -0.1) is 0 Å². The zero-order chi connectivity index (χ0) is 16.0. The first-order valence-corrected chi connectivity index (χ1v) is 6.97. The van der Waals surface area contributed by atoms with Gasteiger partial charge in [0.15, 0.2) is 11.8 Å². The van der Waals surface area contributed by atoms with Crippen LogP contribution in [0, 0.1) is 0 Å². The van der Waals surface area contributed by atoms with Crippen molar-refractivity contribution in [2.75, 3.05) is 13.7 Å². The van der Waals surface area contributed by atoms with Crippen molar-refractivity contribution in [3.63, 3.8) is 0 Å². The van der Waals surface area contributed by atoms with Crippen LogP contribution < -0.4 is 0 Å². The van der Waals surface area contributed by atoms with E-state index >= 15 is 0 Å². The van der Waals surface area contributed by atoms with E-state index in [2.05, 4.69) is 0 Å². The molecule has 0 radical (unpaired) electrons. The maximum absolute atomic E-state index is 12.3. The topological polar surface area (TPSA) is 74.3 Å². The standard InChI is InChI=1S/C14H23NO6/c1-13(2,3)21-12(17)15-7-8-10(9(15)11(16)18-6)20-14(4,5)19-8/h8-10H,7H2,1-6H3. The molecule has 0 aromatic rings. The van der Waals surface area contributed by atoms with Crippen molar-refractivity contribution in [2.24, 2.45) is 0 Å². The molecule has 1 amide bonds. The van der Waals surface area contributed by atoms with Gasteiger partial charge in [-0.2, -0.15) is 0 Å². The van der Waals surface area contributed by atoms with E-state index < -0.39 is 35.6 Å². The summed E-state index contributed by atoms with van der Waals surface area (Å²) in [6.07, 6.45) is -1.48. The minimum absolute atomic E-state index is 0.239. The molecule has 0 aliphatic carbocycles. The number of likely N-dealkylation sites (tertiary alicyclic amines) is 1. The van der Waals surface area contributed by atoms with Crippen LogP contribution in [0.5, 0.6) is 0 Å². The van der Waals surface area contributed by atoms with E-state index in [4.69, 9.17) is 18.9 Å². The predicted molar refractivity (Wildman–Crippen MR) is 72.6 cm³/mol. The number of rotatable bonds is 1. The molecule has 7 nitrogen and oxygen atoms in total. The number of nitrogens with zero attached hydrogens (tertiary/aromatic N) is 1. The Morgan fingerprint density at radius 1 is 1.24 bits per heavy atom. The molecule has 3 atom stereocenters.